The molecule has 1 aromatic carbocycles. The summed E-state index contributed by atoms with van der Waals surface area (Å²) >= 11 is 17.7. The Labute approximate surface area is 134 Å². The van der Waals surface area contributed by atoms with Crippen LogP contribution in [-0.2, 0) is 0 Å². The first-order chi connectivity index (χ1) is 9.88. The minimum Gasteiger partial charge on any atom is -0.477 e. The lowest BCUT2D eigenvalue weighted by Crippen LogP contribution is -2.14. The molecule has 1 aromatic heterocycles. The number of carbonyl (C=O) groups is 2. The van der Waals surface area contributed by atoms with Crippen molar-refractivity contribution < 1.29 is 14.7 Å². The van der Waals surface area contributed by atoms with E-state index in [1.54, 1.807) is 0 Å². The topological polar surface area (TPSA) is 79.3 Å². The molecule has 0 atom stereocenters. The van der Waals surface area contributed by atoms with Gasteiger partial charge in [-0.05, 0) is 24.3 Å². The highest BCUT2D eigenvalue weighted by atomic mass is 35.5. The van der Waals surface area contributed by atoms with E-state index in [9.17, 15) is 9.59 Å². The summed E-state index contributed by atoms with van der Waals surface area (Å²) in [4.78, 5) is 26.6. The van der Waals surface area contributed by atoms with E-state index in [4.69, 9.17) is 39.9 Å². The van der Waals surface area contributed by atoms with Crippen LogP contribution in [0.4, 0.5) is 5.69 Å². The second-order valence-electron chi connectivity index (χ2n) is 3.93. The van der Waals surface area contributed by atoms with Crippen LogP contribution < -0.4 is 5.32 Å². The van der Waals surface area contributed by atoms with Gasteiger partial charge in [0.2, 0.25) is 0 Å². The Morgan fingerprint density at radius 2 is 1.71 bits per heavy atom. The smallest absolute Gasteiger partial charge is 0.354 e. The number of carboxylic acid groups (broad SMARTS) is 1. The zero-order chi connectivity index (χ0) is 15.6. The zero-order valence-corrected chi connectivity index (χ0v) is 12.5. The number of aromatic nitrogens is 1. The zero-order valence-electron chi connectivity index (χ0n) is 10.2. The van der Waals surface area contributed by atoms with E-state index in [1.165, 1.54) is 24.4 Å². The van der Waals surface area contributed by atoms with Gasteiger partial charge in [-0.25, -0.2) is 9.78 Å². The number of hydrogen-bond donors (Lipinski definition) is 2. The van der Waals surface area contributed by atoms with E-state index in [2.05, 4.69) is 10.3 Å². The summed E-state index contributed by atoms with van der Waals surface area (Å²) in [5.74, 6) is -1.79. The molecule has 5 nitrogen and oxygen atoms in total. The second kappa shape index (κ2) is 6.30. The van der Waals surface area contributed by atoms with Gasteiger partial charge in [0.1, 0.15) is 5.69 Å². The third kappa shape index (κ3) is 3.64. The fourth-order valence-corrected chi connectivity index (χ4v) is 2.45. The van der Waals surface area contributed by atoms with Crippen LogP contribution in [0.3, 0.4) is 0 Å². The second-order valence-corrected chi connectivity index (χ2v) is 5.18. The number of carbonyl (C=O) groups excluding carboxylic acids is 1. The van der Waals surface area contributed by atoms with Gasteiger partial charge in [0, 0.05) is 16.8 Å². The summed E-state index contributed by atoms with van der Waals surface area (Å²) in [7, 11) is 0. The molecule has 2 N–H and O–H groups in total. The van der Waals surface area contributed by atoms with E-state index in [0.29, 0.717) is 5.02 Å². The van der Waals surface area contributed by atoms with Crippen LogP contribution >= 0.6 is 34.8 Å². The average molecular weight is 346 g/mol. The Bertz CT molecular complexity index is 711. The summed E-state index contributed by atoms with van der Waals surface area (Å²) in [5, 5.41) is 12.0. The minimum atomic E-state index is -1.23. The standard InChI is InChI=1S/C13H7Cl3N2O3/c14-7-4-8(15)11(9(16)5-7)18-12(19)6-1-2-17-10(3-6)13(20)21/h1-5H,(H,18,19)(H,20,21). The SMILES string of the molecule is O=C(Nc1c(Cl)cc(Cl)cc1Cl)c1ccnc(C(=O)O)c1. The Balaban J connectivity index is 2.30. The van der Waals surface area contributed by atoms with Gasteiger partial charge in [0.05, 0.1) is 15.7 Å². The van der Waals surface area contributed by atoms with Crippen molar-refractivity contribution in [3.63, 3.8) is 0 Å². The van der Waals surface area contributed by atoms with Crippen LogP contribution in [0.15, 0.2) is 30.5 Å². The normalized spacial score (nSPS) is 10.2. The fourth-order valence-electron chi connectivity index (χ4n) is 1.54. The van der Waals surface area contributed by atoms with Crippen molar-refractivity contribution in [2.45, 2.75) is 0 Å². The Hall–Kier alpha value is -1.82. The molecule has 0 unspecified atom stereocenters. The third-order valence-electron chi connectivity index (χ3n) is 2.49. The van der Waals surface area contributed by atoms with E-state index < -0.39 is 11.9 Å². The van der Waals surface area contributed by atoms with Crippen molar-refractivity contribution in [1.29, 1.82) is 0 Å². The number of carboxylic acids is 1. The highest BCUT2D eigenvalue weighted by molar-refractivity contribution is 6.42. The molecule has 0 saturated carbocycles. The Morgan fingerprint density at radius 3 is 2.29 bits per heavy atom. The quantitative estimate of drug-likeness (QED) is 0.881. The molecule has 0 spiro atoms. The molecule has 0 aliphatic rings. The van der Waals surface area contributed by atoms with Crippen LogP contribution in [0.1, 0.15) is 20.8 Å². The van der Waals surface area contributed by atoms with Crippen molar-refractivity contribution in [2.24, 2.45) is 0 Å². The number of hydrogen-bond acceptors (Lipinski definition) is 3. The van der Waals surface area contributed by atoms with Gasteiger partial charge in [0.15, 0.2) is 0 Å². The molecule has 0 saturated heterocycles. The highest BCUT2D eigenvalue weighted by Crippen LogP contribution is 2.33. The maximum Gasteiger partial charge on any atom is 0.354 e. The molecule has 8 heteroatoms. The number of nitrogens with one attached hydrogen (secondary N) is 1. The molecule has 1 amide bonds. The number of nitrogens with zero attached hydrogens (tertiary/aromatic N) is 1. The van der Waals surface area contributed by atoms with E-state index in [0.717, 1.165) is 6.07 Å². The lowest BCUT2D eigenvalue weighted by Gasteiger charge is -2.10. The van der Waals surface area contributed by atoms with Gasteiger partial charge in [-0.1, -0.05) is 34.8 Å². The lowest BCUT2D eigenvalue weighted by molar-refractivity contribution is 0.0690. The van der Waals surface area contributed by atoms with Gasteiger partial charge >= 0.3 is 5.97 Å². The highest BCUT2D eigenvalue weighted by Gasteiger charge is 2.14. The van der Waals surface area contributed by atoms with Crippen molar-refractivity contribution in [3.8, 4) is 0 Å². The molecule has 108 valence electrons. The van der Waals surface area contributed by atoms with Crippen molar-refractivity contribution in [1.82, 2.24) is 4.98 Å². The Morgan fingerprint density at radius 1 is 1.10 bits per heavy atom. The van der Waals surface area contributed by atoms with Crippen LogP contribution in [0.25, 0.3) is 0 Å². The molecule has 1 heterocycles. The number of aromatic carboxylic acids is 1. The first kappa shape index (κ1) is 15.6. The lowest BCUT2D eigenvalue weighted by atomic mass is 10.2. The van der Waals surface area contributed by atoms with Gasteiger partial charge < -0.3 is 10.4 Å². The van der Waals surface area contributed by atoms with E-state index >= 15 is 0 Å². The fraction of sp³-hybridized carbons (Fsp3) is 0. The molecule has 2 rings (SSSR count). The van der Waals surface area contributed by atoms with Gasteiger partial charge in [-0.2, -0.15) is 0 Å². The molecule has 2 aromatic rings. The van der Waals surface area contributed by atoms with Gasteiger partial charge in [0.25, 0.3) is 5.91 Å². The van der Waals surface area contributed by atoms with Crippen LogP contribution in [0, 0.1) is 0 Å². The first-order valence-corrected chi connectivity index (χ1v) is 6.67. The molecular formula is C13H7Cl3N2O3. The summed E-state index contributed by atoms with van der Waals surface area (Å²) in [6.45, 7) is 0. The van der Waals surface area contributed by atoms with Crippen molar-refractivity contribution in [2.75, 3.05) is 5.32 Å². The largest absolute Gasteiger partial charge is 0.477 e. The number of amides is 1. The number of benzene rings is 1. The van der Waals surface area contributed by atoms with Gasteiger partial charge in [-0.3, -0.25) is 4.79 Å². The van der Waals surface area contributed by atoms with Crippen LogP contribution in [-0.4, -0.2) is 22.0 Å². The average Bonchev–Trinajstić information content (AvgIpc) is 2.42. The molecule has 0 bridgehead atoms. The number of rotatable bonds is 3. The maximum atomic E-state index is 12.1. The van der Waals surface area contributed by atoms with Crippen molar-refractivity contribution >= 4 is 52.4 Å². The van der Waals surface area contributed by atoms with Crippen LogP contribution in [0.5, 0.6) is 0 Å². The monoisotopic (exact) mass is 344 g/mol. The van der Waals surface area contributed by atoms with Gasteiger partial charge in [-0.15, -0.1) is 0 Å². The summed E-state index contributed by atoms with van der Waals surface area (Å²) in [5.41, 5.74) is 0.0712. The minimum absolute atomic E-state index is 0.115. The van der Waals surface area contributed by atoms with E-state index in [-0.39, 0.29) is 27.0 Å². The number of anilines is 1. The predicted molar refractivity (Wildman–Crippen MR) is 80.6 cm³/mol. The summed E-state index contributed by atoms with van der Waals surface area (Å²) < 4.78 is 0. The molecule has 0 aliphatic heterocycles. The van der Waals surface area contributed by atoms with Crippen molar-refractivity contribution in [3.05, 3.63) is 56.8 Å². The molecule has 0 aliphatic carbocycles. The Kier molecular flexibility index (Phi) is 4.67. The maximum absolute atomic E-state index is 12.1. The van der Waals surface area contributed by atoms with Crippen LogP contribution in [0.2, 0.25) is 15.1 Å². The molecule has 21 heavy (non-hydrogen) atoms. The number of pyridine rings is 1. The van der Waals surface area contributed by atoms with E-state index in [1.807, 2.05) is 0 Å². The third-order valence-corrected chi connectivity index (χ3v) is 3.30. The molecule has 0 fully saturated rings. The summed E-state index contributed by atoms with van der Waals surface area (Å²) in [6.07, 6.45) is 1.23. The first-order valence-electron chi connectivity index (χ1n) is 5.53. The molecule has 0 radical (unpaired) electrons. The predicted octanol–water partition coefficient (Wildman–Crippen LogP) is 3.99. The molecular weight excluding hydrogens is 339 g/mol. The summed E-state index contributed by atoms with van der Waals surface area (Å²) in [6, 6.07) is 5.38. The number of halogens is 3.